The lowest BCUT2D eigenvalue weighted by atomic mass is 10.2. The van der Waals surface area contributed by atoms with Gasteiger partial charge in [0.25, 0.3) is 0 Å². The lowest BCUT2D eigenvalue weighted by molar-refractivity contribution is 0.628. The van der Waals surface area contributed by atoms with Crippen LogP contribution in [0.4, 0.5) is 4.39 Å². The highest BCUT2D eigenvalue weighted by molar-refractivity contribution is 7.98. The third kappa shape index (κ3) is 3.68. The molecule has 0 bridgehead atoms. The van der Waals surface area contributed by atoms with Gasteiger partial charge in [-0.05, 0) is 40.3 Å². The van der Waals surface area contributed by atoms with Crippen LogP contribution in [0, 0.1) is 10.6 Å². The van der Waals surface area contributed by atoms with E-state index in [9.17, 15) is 4.39 Å². The first-order valence-corrected chi connectivity index (χ1v) is 8.32. The molecular formula is C12H10ClFN8S2. The first-order chi connectivity index (χ1) is 11.5. The van der Waals surface area contributed by atoms with E-state index in [-0.39, 0.29) is 5.02 Å². The van der Waals surface area contributed by atoms with Crippen LogP contribution in [0.1, 0.15) is 11.4 Å². The van der Waals surface area contributed by atoms with E-state index in [1.54, 1.807) is 17.8 Å². The highest BCUT2D eigenvalue weighted by atomic mass is 35.5. The Kier molecular flexibility index (Phi) is 5.02. The van der Waals surface area contributed by atoms with Gasteiger partial charge >= 0.3 is 0 Å². The number of nitrogens with zero attached hydrogens (tertiary/aromatic N) is 7. The van der Waals surface area contributed by atoms with Crippen molar-refractivity contribution < 1.29 is 4.39 Å². The van der Waals surface area contributed by atoms with Crippen molar-refractivity contribution in [1.82, 2.24) is 35.1 Å². The van der Waals surface area contributed by atoms with Crippen molar-refractivity contribution in [2.75, 3.05) is 0 Å². The van der Waals surface area contributed by atoms with Crippen LogP contribution in [-0.4, -0.2) is 41.3 Å². The van der Waals surface area contributed by atoms with E-state index in [0.717, 1.165) is 0 Å². The van der Waals surface area contributed by atoms with E-state index in [0.29, 0.717) is 27.1 Å². The second-order valence-corrected chi connectivity index (χ2v) is 6.29. The number of tetrazole rings is 1. The number of aryl methyl sites for hydroxylation is 1. The number of halogens is 2. The summed E-state index contributed by atoms with van der Waals surface area (Å²) in [4.78, 5) is 0. The summed E-state index contributed by atoms with van der Waals surface area (Å²) in [6.07, 6.45) is 1.47. The number of thioether (sulfide) groups is 1. The highest BCUT2D eigenvalue weighted by Crippen LogP contribution is 2.18. The van der Waals surface area contributed by atoms with Gasteiger partial charge in [0.1, 0.15) is 5.82 Å². The third-order valence-corrected chi connectivity index (χ3v) is 4.47. The summed E-state index contributed by atoms with van der Waals surface area (Å²) in [5.74, 6) is 0.522. The molecule has 8 nitrogen and oxygen atoms in total. The van der Waals surface area contributed by atoms with E-state index in [2.05, 4.69) is 30.8 Å². The smallest absolute Gasteiger partial charge is 0.216 e. The van der Waals surface area contributed by atoms with Crippen molar-refractivity contribution in [3.05, 3.63) is 45.2 Å². The molecule has 3 aromatic rings. The number of hydrogen-bond acceptors (Lipinski definition) is 7. The fourth-order valence-corrected chi connectivity index (χ4v) is 2.80. The van der Waals surface area contributed by atoms with Gasteiger partial charge in [0, 0.05) is 7.05 Å². The molecule has 0 atom stereocenters. The lowest BCUT2D eigenvalue weighted by Gasteiger charge is -2.00. The number of hydrogen-bond donors (Lipinski definition) is 1. The Morgan fingerprint density at radius 3 is 3.04 bits per heavy atom. The van der Waals surface area contributed by atoms with E-state index in [4.69, 9.17) is 23.8 Å². The van der Waals surface area contributed by atoms with Gasteiger partial charge in [-0.2, -0.15) is 14.9 Å². The molecule has 3 rings (SSSR count). The maximum absolute atomic E-state index is 13.5. The van der Waals surface area contributed by atoms with E-state index >= 15 is 0 Å². The molecule has 0 amide bonds. The maximum atomic E-state index is 13.5. The lowest BCUT2D eigenvalue weighted by Crippen LogP contribution is -1.99. The zero-order valence-electron chi connectivity index (χ0n) is 12.2. The Morgan fingerprint density at radius 1 is 1.50 bits per heavy atom. The monoisotopic (exact) mass is 384 g/mol. The summed E-state index contributed by atoms with van der Waals surface area (Å²) in [5.41, 5.74) is 0.552. The Bertz CT molecular complexity index is 947. The van der Waals surface area contributed by atoms with Crippen LogP contribution in [0.5, 0.6) is 0 Å². The molecule has 0 saturated heterocycles. The zero-order valence-corrected chi connectivity index (χ0v) is 14.6. The van der Waals surface area contributed by atoms with Crippen LogP contribution in [-0.2, 0) is 12.8 Å². The standard InChI is InChI=1S/C12H10ClFN8S2/c1-21-12(18-19-20-21)24-6-10-16-17-11(23)22(10)15-5-7-2-3-8(13)9(14)4-7/h2-5H,6H2,1H3,(H,17,23)/b15-5+. The van der Waals surface area contributed by atoms with E-state index in [1.165, 1.54) is 34.8 Å². The summed E-state index contributed by atoms with van der Waals surface area (Å²) >= 11 is 12.2. The Hall–Kier alpha value is -2.11. The van der Waals surface area contributed by atoms with Gasteiger partial charge < -0.3 is 0 Å². The molecule has 124 valence electrons. The van der Waals surface area contributed by atoms with Crippen molar-refractivity contribution in [3.63, 3.8) is 0 Å². The third-order valence-electron chi connectivity index (χ3n) is 2.90. The molecule has 0 unspecified atom stereocenters. The SMILES string of the molecule is Cn1nnnc1SCc1n[nH]c(=S)n1/N=C/c1ccc(Cl)c(F)c1. The van der Waals surface area contributed by atoms with Gasteiger partial charge in [-0.3, -0.25) is 5.10 Å². The van der Waals surface area contributed by atoms with E-state index < -0.39 is 5.82 Å². The number of nitrogens with one attached hydrogen (secondary N) is 1. The molecule has 0 aliphatic heterocycles. The molecule has 0 radical (unpaired) electrons. The Labute approximate surface area is 149 Å². The second kappa shape index (κ2) is 7.20. The molecule has 2 aromatic heterocycles. The Morgan fingerprint density at radius 2 is 2.33 bits per heavy atom. The molecule has 0 saturated carbocycles. The number of rotatable bonds is 5. The number of aromatic nitrogens is 7. The van der Waals surface area contributed by atoms with E-state index in [1.807, 2.05) is 0 Å². The van der Waals surface area contributed by atoms with Gasteiger partial charge in [0.2, 0.25) is 9.93 Å². The quantitative estimate of drug-likeness (QED) is 0.413. The van der Waals surface area contributed by atoms with Gasteiger partial charge in [-0.15, -0.1) is 5.10 Å². The molecule has 2 heterocycles. The van der Waals surface area contributed by atoms with Crippen molar-refractivity contribution in [3.8, 4) is 0 Å². The van der Waals surface area contributed by atoms with Crippen LogP contribution in [0.25, 0.3) is 0 Å². The van der Waals surface area contributed by atoms with Crippen molar-refractivity contribution in [1.29, 1.82) is 0 Å². The molecule has 0 aliphatic rings. The minimum atomic E-state index is -0.512. The molecule has 0 fully saturated rings. The topological polar surface area (TPSA) is 89.6 Å². The van der Waals surface area contributed by atoms with Crippen molar-refractivity contribution >= 4 is 41.8 Å². The zero-order chi connectivity index (χ0) is 17.1. The largest absolute Gasteiger partial charge is 0.250 e. The van der Waals surface area contributed by atoms with Crippen LogP contribution in [0.3, 0.4) is 0 Å². The first kappa shape index (κ1) is 16.7. The van der Waals surface area contributed by atoms with Crippen LogP contribution in [0.15, 0.2) is 28.5 Å². The fourth-order valence-electron chi connectivity index (χ4n) is 1.73. The van der Waals surface area contributed by atoms with Crippen molar-refractivity contribution in [2.45, 2.75) is 10.9 Å². The second-order valence-electron chi connectivity index (χ2n) is 4.55. The summed E-state index contributed by atoms with van der Waals surface area (Å²) in [7, 11) is 1.74. The molecule has 1 aromatic carbocycles. The van der Waals surface area contributed by atoms with Crippen molar-refractivity contribution in [2.24, 2.45) is 12.1 Å². The highest BCUT2D eigenvalue weighted by Gasteiger charge is 2.09. The van der Waals surface area contributed by atoms with Crippen LogP contribution >= 0.6 is 35.6 Å². The predicted octanol–water partition coefficient (Wildman–Crippen LogP) is 2.43. The number of aromatic amines is 1. The molecule has 0 spiro atoms. The minimum absolute atomic E-state index is 0.0569. The summed E-state index contributed by atoms with van der Waals surface area (Å²) in [6.45, 7) is 0. The van der Waals surface area contributed by atoms with Gasteiger partial charge in [0.05, 0.1) is 17.0 Å². The fraction of sp³-hybridized carbons (Fsp3) is 0.167. The van der Waals surface area contributed by atoms with Crippen LogP contribution < -0.4 is 0 Å². The van der Waals surface area contributed by atoms with Gasteiger partial charge in [-0.1, -0.05) is 29.4 Å². The van der Waals surface area contributed by atoms with Gasteiger partial charge in [0.15, 0.2) is 5.82 Å². The summed E-state index contributed by atoms with van der Waals surface area (Å²) in [5, 5.41) is 22.9. The summed E-state index contributed by atoms with van der Waals surface area (Å²) in [6, 6.07) is 4.40. The predicted molar refractivity (Wildman–Crippen MR) is 90.2 cm³/mol. The molecule has 24 heavy (non-hydrogen) atoms. The normalized spacial score (nSPS) is 11.5. The van der Waals surface area contributed by atoms with Crippen LogP contribution in [0.2, 0.25) is 5.02 Å². The number of H-pyrrole nitrogens is 1. The maximum Gasteiger partial charge on any atom is 0.216 e. The number of benzene rings is 1. The molecule has 0 aliphatic carbocycles. The first-order valence-electron chi connectivity index (χ1n) is 6.55. The minimum Gasteiger partial charge on any atom is -0.250 e. The molecule has 12 heteroatoms. The Balaban J connectivity index is 1.79. The molecular weight excluding hydrogens is 375 g/mol. The average Bonchev–Trinajstić information content (AvgIpc) is 3.12. The van der Waals surface area contributed by atoms with Gasteiger partial charge in [-0.25, -0.2) is 9.07 Å². The summed E-state index contributed by atoms with van der Waals surface area (Å²) < 4.78 is 16.8. The average molecular weight is 385 g/mol. The molecule has 1 N–H and O–H groups in total.